The van der Waals surface area contributed by atoms with Gasteiger partial charge < -0.3 is 9.15 Å². The van der Waals surface area contributed by atoms with Gasteiger partial charge in [-0.3, -0.25) is 9.59 Å². The van der Waals surface area contributed by atoms with Gasteiger partial charge >= 0.3 is 0 Å². The minimum Gasteiger partial charge on any atom is -0.468 e. The molecule has 0 saturated carbocycles. The Kier molecular flexibility index (Phi) is 2.25. The van der Waals surface area contributed by atoms with E-state index in [4.69, 9.17) is 9.15 Å². The summed E-state index contributed by atoms with van der Waals surface area (Å²) in [6, 6.07) is 6.70. The maximum atomic E-state index is 11.8. The van der Waals surface area contributed by atoms with Crippen LogP contribution in [0.4, 0.5) is 0 Å². The smallest absolute Gasteiger partial charge is 0.299 e. The zero-order valence-corrected chi connectivity index (χ0v) is 8.02. The molecule has 0 fully saturated rings. The van der Waals surface area contributed by atoms with Gasteiger partial charge in [-0.25, -0.2) is 0 Å². The van der Waals surface area contributed by atoms with Crippen molar-refractivity contribution in [1.82, 2.24) is 0 Å². The molecule has 4 nitrogen and oxygen atoms in total. The molecule has 0 amide bonds. The van der Waals surface area contributed by atoms with Crippen LogP contribution in [-0.4, -0.2) is 13.4 Å². The molecule has 1 aromatic heterocycles. The maximum Gasteiger partial charge on any atom is 0.299 e. The molecule has 0 radical (unpaired) electrons. The molecule has 2 rings (SSSR count). The third-order valence-electron chi connectivity index (χ3n) is 2.10. The fourth-order valence-electron chi connectivity index (χ4n) is 1.39. The van der Waals surface area contributed by atoms with Crippen LogP contribution in [0.2, 0.25) is 0 Å². The Balaban J connectivity index is 2.94. The second kappa shape index (κ2) is 3.57. The van der Waals surface area contributed by atoms with E-state index >= 15 is 0 Å². The van der Waals surface area contributed by atoms with Gasteiger partial charge in [-0.2, -0.15) is 0 Å². The zero-order chi connectivity index (χ0) is 10.8. The topological polar surface area (TPSA) is 56.5 Å². The molecule has 1 heterocycles. The Morgan fingerprint density at radius 1 is 1.33 bits per heavy atom. The van der Waals surface area contributed by atoms with Gasteiger partial charge in [0.15, 0.2) is 6.29 Å². The van der Waals surface area contributed by atoms with Crippen molar-refractivity contribution in [2.24, 2.45) is 0 Å². The van der Waals surface area contributed by atoms with Crippen molar-refractivity contribution in [3.05, 3.63) is 40.1 Å². The largest absolute Gasteiger partial charge is 0.468 e. The molecule has 0 unspecified atom stereocenters. The highest BCUT2D eigenvalue weighted by molar-refractivity contribution is 5.86. The van der Waals surface area contributed by atoms with Gasteiger partial charge in [0.05, 0.1) is 12.5 Å². The van der Waals surface area contributed by atoms with Gasteiger partial charge in [0.1, 0.15) is 11.1 Å². The van der Waals surface area contributed by atoms with E-state index in [9.17, 15) is 9.59 Å². The lowest BCUT2D eigenvalue weighted by Crippen LogP contribution is -2.10. The number of carbonyl (C=O) groups excluding carboxylic acids is 1. The molecule has 1 aromatic carbocycles. The van der Waals surface area contributed by atoms with Crippen LogP contribution in [0.3, 0.4) is 0 Å². The van der Waals surface area contributed by atoms with Crippen molar-refractivity contribution in [3.63, 3.8) is 0 Å². The monoisotopic (exact) mass is 204 g/mol. The van der Waals surface area contributed by atoms with Crippen molar-refractivity contribution in [2.75, 3.05) is 7.11 Å². The average molecular weight is 204 g/mol. The summed E-state index contributed by atoms with van der Waals surface area (Å²) in [5.74, 6) is -0.0475. The van der Waals surface area contributed by atoms with Gasteiger partial charge in [-0.15, -0.1) is 0 Å². The van der Waals surface area contributed by atoms with Crippen LogP contribution >= 0.6 is 0 Å². The Bertz CT molecular complexity index is 568. The molecule has 0 spiro atoms. The highest BCUT2D eigenvalue weighted by Gasteiger charge is 2.13. The first-order chi connectivity index (χ1) is 7.27. The van der Waals surface area contributed by atoms with Gasteiger partial charge in [0.2, 0.25) is 5.43 Å². The Hall–Kier alpha value is -2.10. The van der Waals surface area contributed by atoms with E-state index < -0.39 is 0 Å². The molecule has 76 valence electrons. The van der Waals surface area contributed by atoms with E-state index in [1.165, 1.54) is 7.11 Å². The molecule has 0 aliphatic carbocycles. The molecule has 0 aliphatic rings. The van der Waals surface area contributed by atoms with Crippen LogP contribution in [0.15, 0.2) is 33.5 Å². The van der Waals surface area contributed by atoms with Gasteiger partial charge in [-0.1, -0.05) is 12.1 Å². The maximum absolute atomic E-state index is 11.8. The van der Waals surface area contributed by atoms with E-state index in [1.54, 1.807) is 24.3 Å². The van der Waals surface area contributed by atoms with Crippen molar-refractivity contribution in [3.8, 4) is 5.95 Å². The number of aldehydes is 1. The summed E-state index contributed by atoms with van der Waals surface area (Å²) >= 11 is 0. The highest BCUT2D eigenvalue weighted by Crippen LogP contribution is 2.19. The number of rotatable bonds is 2. The first-order valence-corrected chi connectivity index (χ1v) is 4.33. The number of hydrogen-bond acceptors (Lipinski definition) is 4. The third-order valence-corrected chi connectivity index (χ3v) is 2.10. The summed E-state index contributed by atoms with van der Waals surface area (Å²) in [6.07, 6.45) is 0.442. The standard InChI is InChI=1S/C11H8O4/c1-14-11-8(6-12)10(13)7-4-2-3-5-9(7)15-11/h2-6H,1H3. The number of benzene rings is 1. The van der Waals surface area contributed by atoms with Crippen molar-refractivity contribution in [1.29, 1.82) is 0 Å². The van der Waals surface area contributed by atoms with Crippen LogP contribution in [0.25, 0.3) is 11.0 Å². The molecule has 0 bridgehead atoms. The lowest BCUT2D eigenvalue weighted by atomic mass is 10.2. The molecular weight excluding hydrogens is 196 g/mol. The molecule has 0 saturated heterocycles. The first-order valence-electron chi connectivity index (χ1n) is 4.33. The molecule has 0 aliphatic heterocycles. The minimum atomic E-state index is -0.372. The zero-order valence-electron chi connectivity index (χ0n) is 8.02. The summed E-state index contributed by atoms with van der Waals surface area (Å²) in [5, 5.41) is 0.375. The number of ether oxygens (including phenoxy) is 1. The molecular formula is C11H8O4. The first kappa shape index (κ1) is 9.45. The van der Waals surface area contributed by atoms with Crippen molar-refractivity contribution in [2.45, 2.75) is 0 Å². The second-order valence-electron chi connectivity index (χ2n) is 2.95. The quantitative estimate of drug-likeness (QED) is 0.697. The van der Waals surface area contributed by atoms with E-state index in [0.29, 0.717) is 17.3 Å². The second-order valence-corrected chi connectivity index (χ2v) is 2.95. The number of para-hydroxylation sites is 1. The van der Waals surface area contributed by atoms with Crippen molar-refractivity contribution >= 4 is 17.3 Å². The number of fused-ring (bicyclic) bond motifs is 1. The molecule has 15 heavy (non-hydrogen) atoms. The van der Waals surface area contributed by atoms with Crippen molar-refractivity contribution < 1.29 is 13.9 Å². The summed E-state index contributed by atoms with van der Waals surface area (Å²) in [4.78, 5) is 22.5. The Labute approximate surface area is 85.1 Å². The predicted octanol–water partition coefficient (Wildman–Crippen LogP) is 1.61. The molecule has 2 aromatic rings. The van der Waals surface area contributed by atoms with Gasteiger partial charge in [0.25, 0.3) is 5.95 Å². The van der Waals surface area contributed by atoms with Crippen LogP contribution < -0.4 is 10.2 Å². The van der Waals surface area contributed by atoms with Gasteiger partial charge in [-0.05, 0) is 12.1 Å². The Morgan fingerprint density at radius 3 is 2.73 bits per heavy atom. The number of hydrogen-bond donors (Lipinski definition) is 0. The number of methoxy groups -OCH3 is 1. The molecule has 4 heteroatoms. The van der Waals surface area contributed by atoms with Crippen LogP contribution in [0, 0.1) is 0 Å². The summed E-state index contributed by atoms with van der Waals surface area (Å²) in [7, 11) is 1.35. The lowest BCUT2D eigenvalue weighted by molar-refractivity contribution is 0.111. The van der Waals surface area contributed by atoms with E-state index in [-0.39, 0.29) is 16.9 Å². The summed E-state index contributed by atoms with van der Waals surface area (Å²) < 4.78 is 10.1. The predicted molar refractivity (Wildman–Crippen MR) is 54.4 cm³/mol. The van der Waals surface area contributed by atoms with Gasteiger partial charge in [0, 0.05) is 0 Å². The summed E-state index contributed by atoms with van der Waals surface area (Å²) in [6.45, 7) is 0. The van der Waals surface area contributed by atoms with E-state index in [1.807, 2.05) is 0 Å². The number of carbonyl (C=O) groups is 1. The normalized spacial score (nSPS) is 10.2. The van der Waals surface area contributed by atoms with E-state index in [2.05, 4.69) is 0 Å². The van der Waals surface area contributed by atoms with Crippen LogP contribution in [0.5, 0.6) is 5.95 Å². The molecule has 0 N–H and O–H groups in total. The summed E-state index contributed by atoms with van der Waals surface area (Å²) in [5.41, 5.74) is -0.0511. The average Bonchev–Trinajstić information content (AvgIpc) is 2.29. The van der Waals surface area contributed by atoms with E-state index in [0.717, 1.165) is 0 Å². The minimum absolute atomic E-state index is 0.0475. The SMILES string of the molecule is COc1oc2ccccc2c(=O)c1C=O. The lowest BCUT2D eigenvalue weighted by Gasteiger charge is -2.03. The fourth-order valence-corrected chi connectivity index (χ4v) is 1.39. The van der Waals surface area contributed by atoms with Crippen LogP contribution in [0.1, 0.15) is 10.4 Å². The third kappa shape index (κ3) is 1.40. The highest BCUT2D eigenvalue weighted by atomic mass is 16.6. The Morgan fingerprint density at radius 2 is 2.07 bits per heavy atom. The molecule has 0 atom stereocenters. The van der Waals surface area contributed by atoms with Crippen LogP contribution in [-0.2, 0) is 0 Å². The fraction of sp³-hybridized carbons (Fsp3) is 0.0909.